The average Bonchev–Trinajstić information content (AvgIpc) is 2.80. The second-order valence-corrected chi connectivity index (χ2v) is 5.13. The lowest BCUT2D eigenvalue weighted by molar-refractivity contribution is 0.102. The molecule has 0 aliphatic rings. The molecule has 4 N–H and O–H groups in total. The van der Waals surface area contributed by atoms with Crippen molar-refractivity contribution >= 4 is 33.3 Å². The molecule has 6 heteroatoms. The Hall–Kier alpha value is -1.82. The predicted molar refractivity (Wildman–Crippen MR) is 79.1 cm³/mol. The van der Waals surface area contributed by atoms with Crippen molar-refractivity contribution in [1.82, 2.24) is 10.2 Å². The van der Waals surface area contributed by atoms with Crippen LogP contribution in [-0.2, 0) is 6.42 Å². The second-order valence-electron chi connectivity index (χ2n) is 4.21. The van der Waals surface area contributed by atoms with Crippen molar-refractivity contribution in [1.29, 1.82) is 0 Å². The largest absolute Gasteiger partial charge is 0.398 e. The zero-order valence-electron chi connectivity index (χ0n) is 10.5. The van der Waals surface area contributed by atoms with Gasteiger partial charge in [0.05, 0.1) is 5.56 Å². The summed E-state index contributed by atoms with van der Waals surface area (Å²) in [6, 6.07) is 6.99. The van der Waals surface area contributed by atoms with Crippen LogP contribution in [0, 0.1) is 0 Å². The lowest BCUT2D eigenvalue weighted by atomic mass is 10.1. The van der Waals surface area contributed by atoms with Gasteiger partial charge in [0.25, 0.3) is 5.91 Å². The van der Waals surface area contributed by atoms with Crippen molar-refractivity contribution in [3.63, 3.8) is 0 Å². The summed E-state index contributed by atoms with van der Waals surface area (Å²) in [6.07, 6.45) is 1.93. The number of halogens is 1. The first-order chi connectivity index (χ1) is 9.10. The number of carbonyl (C=O) groups is 1. The predicted octanol–water partition coefficient (Wildman–Crippen LogP) is 2.96. The minimum absolute atomic E-state index is 0.270. The van der Waals surface area contributed by atoms with Gasteiger partial charge in [-0.2, -0.15) is 5.10 Å². The molecule has 0 atom stereocenters. The van der Waals surface area contributed by atoms with Crippen LogP contribution < -0.4 is 11.1 Å². The normalized spacial score (nSPS) is 10.4. The number of nitrogens with one attached hydrogen (secondary N) is 2. The molecule has 19 heavy (non-hydrogen) atoms. The lowest BCUT2D eigenvalue weighted by Crippen LogP contribution is -2.14. The third-order valence-corrected chi connectivity index (χ3v) is 3.15. The molecule has 2 aromatic rings. The van der Waals surface area contributed by atoms with E-state index in [0.717, 1.165) is 23.0 Å². The van der Waals surface area contributed by atoms with Crippen LogP contribution >= 0.6 is 15.9 Å². The highest BCUT2D eigenvalue weighted by Crippen LogP contribution is 2.19. The minimum Gasteiger partial charge on any atom is -0.398 e. The van der Waals surface area contributed by atoms with Crippen LogP contribution in [0.5, 0.6) is 0 Å². The summed E-state index contributed by atoms with van der Waals surface area (Å²) in [5.74, 6) is 0.237. The average molecular weight is 323 g/mol. The Kier molecular flexibility index (Phi) is 4.21. The molecule has 100 valence electrons. The first-order valence-corrected chi connectivity index (χ1v) is 6.80. The maximum absolute atomic E-state index is 12.1. The lowest BCUT2D eigenvalue weighted by Gasteiger charge is -2.05. The van der Waals surface area contributed by atoms with E-state index in [1.807, 2.05) is 6.07 Å². The summed E-state index contributed by atoms with van der Waals surface area (Å²) < 4.78 is 0.806. The molecular weight excluding hydrogens is 308 g/mol. The first-order valence-electron chi connectivity index (χ1n) is 6.01. The van der Waals surface area contributed by atoms with Crippen LogP contribution in [0.3, 0.4) is 0 Å². The molecule has 0 unspecified atom stereocenters. The number of aryl methyl sites for hydroxylation is 1. The fraction of sp³-hybridized carbons (Fsp3) is 0.231. The number of H-pyrrole nitrogens is 1. The van der Waals surface area contributed by atoms with Gasteiger partial charge in [0.2, 0.25) is 0 Å². The van der Waals surface area contributed by atoms with E-state index in [9.17, 15) is 4.79 Å². The van der Waals surface area contributed by atoms with Crippen LogP contribution in [0.25, 0.3) is 0 Å². The Morgan fingerprint density at radius 1 is 1.47 bits per heavy atom. The Morgan fingerprint density at radius 2 is 2.26 bits per heavy atom. The molecule has 0 fully saturated rings. The molecule has 1 heterocycles. The van der Waals surface area contributed by atoms with Crippen molar-refractivity contribution in [2.75, 3.05) is 11.1 Å². The minimum atomic E-state index is -0.270. The molecule has 1 amide bonds. The Labute approximate surface area is 119 Å². The van der Waals surface area contributed by atoms with E-state index in [1.165, 1.54) is 0 Å². The highest BCUT2D eigenvalue weighted by Gasteiger charge is 2.12. The summed E-state index contributed by atoms with van der Waals surface area (Å²) in [4.78, 5) is 12.1. The quantitative estimate of drug-likeness (QED) is 0.756. The molecule has 0 bridgehead atoms. The molecule has 0 aliphatic carbocycles. The number of hydrogen-bond donors (Lipinski definition) is 3. The van der Waals surface area contributed by atoms with Gasteiger partial charge in [0, 0.05) is 21.9 Å². The van der Waals surface area contributed by atoms with Gasteiger partial charge in [0.15, 0.2) is 5.82 Å². The zero-order chi connectivity index (χ0) is 13.8. The van der Waals surface area contributed by atoms with E-state index >= 15 is 0 Å². The van der Waals surface area contributed by atoms with Gasteiger partial charge in [-0.1, -0.05) is 29.3 Å². The number of amides is 1. The Balaban J connectivity index is 2.13. The number of hydrogen-bond acceptors (Lipinski definition) is 3. The Morgan fingerprint density at radius 3 is 3.00 bits per heavy atom. The maximum atomic E-state index is 12.1. The van der Waals surface area contributed by atoms with Crippen molar-refractivity contribution < 1.29 is 4.79 Å². The van der Waals surface area contributed by atoms with Crippen molar-refractivity contribution in [2.45, 2.75) is 19.8 Å². The fourth-order valence-corrected chi connectivity index (χ4v) is 2.09. The van der Waals surface area contributed by atoms with E-state index in [-0.39, 0.29) is 5.91 Å². The topological polar surface area (TPSA) is 83.8 Å². The third-order valence-electron chi connectivity index (χ3n) is 2.65. The van der Waals surface area contributed by atoms with Gasteiger partial charge in [-0.3, -0.25) is 9.89 Å². The monoisotopic (exact) mass is 322 g/mol. The maximum Gasteiger partial charge on any atom is 0.258 e. The van der Waals surface area contributed by atoms with Gasteiger partial charge < -0.3 is 11.1 Å². The van der Waals surface area contributed by atoms with E-state index in [4.69, 9.17) is 5.73 Å². The second kappa shape index (κ2) is 5.88. The number of rotatable bonds is 4. The van der Waals surface area contributed by atoms with Gasteiger partial charge >= 0.3 is 0 Å². The number of aromatic amines is 1. The van der Waals surface area contributed by atoms with E-state index in [0.29, 0.717) is 17.1 Å². The third kappa shape index (κ3) is 3.35. The smallest absolute Gasteiger partial charge is 0.258 e. The standard InChI is InChI=1S/C13H15BrN4O/c1-2-3-9-7-12(18-17-9)16-13(19)10-6-8(14)4-5-11(10)15/h4-7H,2-3,15H2,1H3,(H2,16,17,18,19). The molecule has 1 aromatic heterocycles. The summed E-state index contributed by atoms with van der Waals surface area (Å²) in [5, 5.41) is 9.65. The number of nitrogen functional groups attached to an aromatic ring is 1. The van der Waals surface area contributed by atoms with Crippen molar-refractivity contribution in [3.8, 4) is 0 Å². The summed E-state index contributed by atoms with van der Waals surface area (Å²) in [7, 11) is 0. The number of benzene rings is 1. The van der Waals surface area contributed by atoms with Crippen LogP contribution in [-0.4, -0.2) is 16.1 Å². The molecule has 0 radical (unpaired) electrons. The molecule has 0 saturated heterocycles. The summed E-state index contributed by atoms with van der Waals surface area (Å²) in [5.41, 5.74) is 7.65. The summed E-state index contributed by atoms with van der Waals surface area (Å²) in [6.45, 7) is 2.08. The van der Waals surface area contributed by atoms with E-state index in [2.05, 4.69) is 38.4 Å². The fourth-order valence-electron chi connectivity index (χ4n) is 1.73. The molecular formula is C13H15BrN4O. The first kappa shape index (κ1) is 13.6. The Bertz CT molecular complexity index is 594. The number of carbonyl (C=O) groups excluding carboxylic acids is 1. The van der Waals surface area contributed by atoms with Gasteiger partial charge in [-0.05, 0) is 24.6 Å². The van der Waals surface area contributed by atoms with Gasteiger partial charge in [-0.15, -0.1) is 0 Å². The van der Waals surface area contributed by atoms with Gasteiger partial charge in [0.1, 0.15) is 0 Å². The molecule has 0 spiro atoms. The highest BCUT2D eigenvalue weighted by molar-refractivity contribution is 9.10. The molecule has 0 saturated carbocycles. The van der Waals surface area contributed by atoms with Gasteiger partial charge in [-0.25, -0.2) is 0 Å². The zero-order valence-corrected chi connectivity index (χ0v) is 12.1. The highest BCUT2D eigenvalue weighted by atomic mass is 79.9. The number of anilines is 2. The number of nitrogens with zero attached hydrogens (tertiary/aromatic N) is 1. The van der Waals surface area contributed by atoms with Crippen LogP contribution in [0.4, 0.5) is 11.5 Å². The number of aromatic nitrogens is 2. The van der Waals surface area contributed by atoms with Crippen LogP contribution in [0.15, 0.2) is 28.7 Å². The molecule has 0 aliphatic heterocycles. The summed E-state index contributed by atoms with van der Waals surface area (Å²) >= 11 is 3.32. The SMILES string of the molecule is CCCc1cc(NC(=O)c2cc(Br)ccc2N)n[nH]1. The van der Waals surface area contributed by atoms with Crippen molar-refractivity contribution in [3.05, 3.63) is 40.0 Å². The number of nitrogens with two attached hydrogens (primary N) is 1. The van der Waals surface area contributed by atoms with Crippen molar-refractivity contribution in [2.24, 2.45) is 0 Å². The van der Waals surface area contributed by atoms with Crippen LogP contribution in [0.2, 0.25) is 0 Å². The molecule has 5 nitrogen and oxygen atoms in total. The molecule has 2 rings (SSSR count). The van der Waals surface area contributed by atoms with E-state index < -0.39 is 0 Å². The molecule has 1 aromatic carbocycles. The van der Waals surface area contributed by atoms with Crippen LogP contribution in [0.1, 0.15) is 29.4 Å². The van der Waals surface area contributed by atoms with E-state index in [1.54, 1.807) is 18.2 Å².